The molecule has 0 radical (unpaired) electrons. The van der Waals surface area contributed by atoms with Crippen LogP contribution in [0.25, 0.3) is 11.3 Å². The lowest BCUT2D eigenvalue weighted by Crippen LogP contribution is -2.07. The molecular formula is C16H20N2O2. The Bertz CT molecular complexity index is 599. The number of benzene rings is 1. The molecule has 0 saturated heterocycles. The second-order valence-electron chi connectivity index (χ2n) is 4.97. The van der Waals surface area contributed by atoms with Crippen LogP contribution in [0.3, 0.4) is 0 Å². The van der Waals surface area contributed by atoms with Gasteiger partial charge in [-0.1, -0.05) is 38.1 Å². The fourth-order valence-electron chi connectivity index (χ4n) is 2.19. The average Bonchev–Trinajstić information content (AvgIpc) is 2.91. The van der Waals surface area contributed by atoms with Gasteiger partial charge in [0.05, 0.1) is 5.69 Å². The smallest absolute Gasteiger partial charge is 0.354 e. The van der Waals surface area contributed by atoms with Crippen molar-refractivity contribution >= 4 is 5.97 Å². The van der Waals surface area contributed by atoms with E-state index in [1.807, 2.05) is 19.1 Å². The molecule has 4 heteroatoms. The predicted molar refractivity (Wildman–Crippen MR) is 79.0 cm³/mol. The number of hydrogen-bond donors (Lipinski definition) is 1. The van der Waals surface area contributed by atoms with E-state index in [0.29, 0.717) is 18.2 Å². The zero-order chi connectivity index (χ0) is 14.7. The maximum Gasteiger partial charge on any atom is 0.354 e. The van der Waals surface area contributed by atoms with Crippen molar-refractivity contribution in [2.24, 2.45) is 0 Å². The highest BCUT2D eigenvalue weighted by Crippen LogP contribution is 2.24. The molecule has 0 fully saturated rings. The normalized spacial score (nSPS) is 12.3. The molecule has 0 spiro atoms. The summed E-state index contributed by atoms with van der Waals surface area (Å²) in [5.74, 6) is -0.409. The summed E-state index contributed by atoms with van der Waals surface area (Å²) in [6.07, 6.45) is 1.10. The Morgan fingerprint density at radius 1 is 1.30 bits per heavy atom. The van der Waals surface area contributed by atoms with Gasteiger partial charge in [0.15, 0.2) is 0 Å². The average molecular weight is 272 g/mol. The highest BCUT2D eigenvalue weighted by molar-refractivity contribution is 5.87. The molecule has 1 heterocycles. The minimum Gasteiger partial charge on any atom is -0.477 e. The maximum absolute atomic E-state index is 11.1. The number of nitrogens with zero attached hydrogens (tertiary/aromatic N) is 2. The van der Waals surface area contributed by atoms with Gasteiger partial charge >= 0.3 is 5.97 Å². The molecule has 106 valence electrons. The third-order valence-electron chi connectivity index (χ3n) is 3.69. The van der Waals surface area contributed by atoms with Crippen LogP contribution in [0.1, 0.15) is 49.2 Å². The van der Waals surface area contributed by atoms with Crippen molar-refractivity contribution in [2.45, 2.75) is 39.7 Å². The number of hydrogen-bond acceptors (Lipinski definition) is 2. The third kappa shape index (κ3) is 2.74. The van der Waals surface area contributed by atoms with Crippen molar-refractivity contribution in [2.75, 3.05) is 0 Å². The molecule has 2 rings (SSSR count). The highest BCUT2D eigenvalue weighted by Gasteiger charge is 2.14. The number of aryl methyl sites for hydroxylation is 1. The molecule has 0 aliphatic carbocycles. The van der Waals surface area contributed by atoms with E-state index >= 15 is 0 Å². The van der Waals surface area contributed by atoms with E-state index in [2.05, 4.69) is 31.1 Å². The van der Waals surface area contributed by atoms with E-state index in [4.69, 9.17) is 5.11 Å². The second kappa shape index (κ2) is 5.90. The predicted octanol–water partition coefficient (Wildman–Crippen LogP) is 3.78. The van der Waals surface area contributed by atoms with Crippen LogP contribution in [0.4, 0.5) is 0 Å². The van der Waals surface area contributed by atoms with Gasteiger partial charge in [0.1, 0.15) is 5.69 Å². The standard InChI is InChI=1S/C16H20N2O2/c1-4-11(3)12-6-8-13(9-7-12)14-10-15(16(19)20)18(5-2)17-14/h6-11H,4-5H2,1-3H3,(H,19,20). The zero-order valence-electron chi connectivity index (χ0n) is 12.1. The topological polar surface area (TPSA) is 55.1 Å². The summed E-state index contributed by atoms with van der Waals surface area (Å²) in [6, 6.07) is 9.83. The van der Waals surface area contributed by atoms with Gasteiger partial charge in [-0.25, -0.2) is 4.79 Å². The Morgan fingerprint density at radius 2 is 1.95 bits per heavy atom. The van der Waals surface area contributed by atoms with E-state index in [0.717, 1.165) is 12.0 Å². The molecule has 0 aliphatic heterocycles. The molecule has 0 bridgehead atoms. The second-order valence-corrected chi connectivity index (χ2v) is 4.97. The lowest BCUT2D eigenvalue weighted by molar-refractivity contribution is 0.0683. The van der Waals surface area contributed by atoms with Crippen LogP contribution < -0.4 is 0 Å². The monoisotopic (exact) mass is 272 g/mol. The molecule has 20 heavy (non-hydrogen) atoms. The molecule has 4 nitrogen and oxygen atoms in total. The van der Waals surface area contributed by atoms with Crippen LogP contribution in [0, 0.1) is 0 Å². The SMILES string of the molecule is CCC(C)c1ccc(-c2cc(C(=O)O)n(CC)n2)cc1. The first kappa shape index (κ1) is 14.3. The maximum atomic E-state index is 11.1. The van der Waals surface area contributed by atoms with Gasteiger partial charge in [-0.05, 0) is 30.9 Å². The number of carboxylic acid groups (broad SMARTS) is 1. The Labute approximate surface area is 119 Å². The van der Waals surface area contributed by atoms with Crippen molar-refractivity contribution < 1.29 is 9.90 Å². The molecule has 0 saturated carbocycles. The number of carbonyl (C=O) groups is 1. The van der Waals surface area contributed by atoms with Gasteiger partial charge in [0.2, 0.25) is 0 Å². The van der Waals surface area contributed by atoms with Gasteiger partial charge < -0.3 is 5.11 Å². The van der Waals surface area contributed by atoms with Gasteiger partial charge in [-0.2, -0.15) is 5.10 Å². The summed E-state index contributed by atoms with van der Waals surface area (Å²) in [5, 5.41) is 13.5. The van der Waals surface area contributed by atoms with Gasteiger partial charge in [-0.3, -0.25) is 4.68 Å². The number of carboxylic acids is 1. The summed E-state index contributed by atoms with van der Waals surface area (Å²) in [6.45, 7) is 6.80. The summed E-state index contributed by atoms with van der Waals surface area (Å²) in [4.78, 5) is 11.1. The van der Waals surface area contributed by atoms with Crippen molar-refractivity contribution in [1.29, 1.82) is 0 Å². The van der Waals surface area contributed by atoms with Crippen LogP contribution in [0.2, 0.25) is 0 Å². The molecule has 0 aliphatic rings. The van der Waals surface area contributed by atoms with Gasteiger partial charge in [-0.15, -0.1) is 0 Å². The van der Waals surface area contributed by atoms with Crippen LogP contribution in [-0.4, -0.2) is 20.9 Å². The largest absolute Gasteiger partial charge is 0.477 e. The zero-order valence-corrected chi connectivity index (χ0v) is 12.1. The summed E-state index contributed by atoms with van der Waals surface area (Å²) < 4.78 is 1.51. The number of rotatable bonds is 5. The van der Waals surface area contributed by atoms with E-state index in [1.165, 1.54) is 10.2 Å². The third-order valence-corrected chi connectivity index (χ3v) is 3.69. The molecule has 1 unspecified atom stereocenters. The molecular weight excluding hydrogens is 252 g/mol. The van der Waals surface area contributed by atoms with Gasteiger partial charge in [0, 0.05) is 12.1 Å². The van der Waals surface area contributed by atoms with E-state index < -0.39 is 5.97 Å². The van der Waals surface area contributed by atoms with Crippen LogP contribution in [0.5, 0.6) is 0 Å². The van der Waals surface area contributed by atoms with Crippen molar-refractivity contribution in [3.05, 3.63) is 41.6 Å². The van der Waals surface area contributed by atoms with Crippen LogP contribution in [-0.2, 0) is 6.54 Å². The number of aromatic nitrogens is 2. The summed E-state index contributed by atoms with van der Waals surface area (Å²) in [7, 11) is 0. The molecule has 0 amide bonds. The van der Waals surface area contributed by atoms with Crippen LogP contribution >= 0.6 is 0 Å². The Balaban J connectivity index is 2.34. The molecule has 1 atom stereocenters. The molecule has 1 aromatic heterocycles. The first-order chi connectivity index (χ1) is 9.56. The van der Waals surface area contributed by atoms with E-state index in [-0.39, 0.29) is 5.69 Å². The van der Waals surface area contributed by atoms with Crippen molar-refractivity contribution in [3.8, 4) is 11.3 Å². The van der Waals surface area contributed by atoms with Crippen molar-refractivity contribution in [3.63, 3.8) is 0 Å². The number of aromatic carboxylic acids is 1. The Kier molecular flexibility index (Phi) is 4.23. The minimum atomic E-state index is -0.943. The Hall–Kier alpha value is -2.10. The lowest BCUT2D eigenvalue weighted by atomic mass is 9.97. The summed E-state index contributed by atoms with van der Waals surface area (Å²) in [5.41, 5.74) is 3.19. The molecule has 1 aromatic carbocycles. The minimum absolute atomic E-state index is 0.230. The summed E-state index contributed by atoms with van der Waals surface area (Å²) >= 11 is 0. The fourth-order valence-corrected chi connectivity index (χ4v) is 2.19. The van der Waals surface area contributed by atoms with Crippen LogP contribution in [0.15, 0.2) is 30.3 Å². The first-order valence-electron chi connectivity index (χ1n) is 6.98. The quantitative estimate of drug-likeness (QED) is 0.901. The lowest BCUT2D eigenvalue weighted by Gasteiger charge is -2.08. The van der Waals surface area contributed by atoms with Gasteiger partial charge in [0.25, 0.3) is 0 Å². The molecule has 1 N–H and O–H groups in total. The fraction of sp³-hybridized carbons (Fsp3) is 0.375. The first-order valence-corrected chi connectivity index (χ1v) is 6.98. The van der Waals surface area contributed by atoms with E-state index in [9.17, 15) is 4.79 Å². The highest BCUT2D eigenvalue weighted by atomic mass is 16.4. The molecule has 2 aromatic rings. The van der Waals surface area contributed by atoms with E-state index in [1.54, 1.807) is 6.07 Å². The van der Waals surface area contributed by atoms with Crippen molar-refractivity contribution in [1.82, 2.24) is 9.78 Å². The Morgan fingerprint density at radius 3 is 2.40 bits per heavy atom.